The third-order valence-corrected chi connectivity index (χ3v) is 6.42. The molecule has 4 heteroatoms. The molecule has 0 saturated heterocycles. The van der Waals surface area contributed by atoms with Crippen molar-refractivity contribution in [1.29, 1.82) is 0 Å². The summed E-state index contributed by atoms with van der Waals surface area (Å²) in [6, 6.07) is 0. The molecule has 23 heavy (non-hydrogen) atoms. The van der Waals surface area contributed by atoms with E-state index < -0.39 is 0 Å². The highest BCUT2D eigenvalue weighted by atomic mass is 16.5. The number of ether oxygens (including phenoxy) is 2. The van der Waals surface area contributed by atoms with Crippen LogP contribution in [0.2, 0.25) is 0 Å². The van der Waals surface area contributed by atoms with Gasteiger partial charge in [0.05, 0.1) is 12.7 Å². The van der Waals surface area contributed by atoms with Gasteiger partial charge in [-0.1, -0.05) is 6.92 Å². The number of hydrogen-bond donors (Lipinski definition) is 0. The normalized spacial score (nSPS) is 39.3. The number of ketones is 1. The minimum absolute atomic E-state index is 0.0185. The number of allylic oxidation sites excluding steroid dienone is 1. The second-order valence-corrected chi connectivity index (χ2v) is 7.66. The van der Waals surface area contributed by atoms with E-state index in [0.717, 1.165) is 37.7 Å². The highest BCUT2D eigenvalue weighted by molar-refractivity contribution is 5.93. The van der Waals surface area contributed by atoms with Gasteiger partial charge in [-0.2, -0.15) is 0 Å². The summed E-state index contributed by atoms with van der Waals surface area (Å²) in [5.74, 6) is 0.465. The number of carbonyl (C=O) groups is 2. The maximum atomic E-state index is 11.7. The Morgan fingerprint density at radius 2 is 2.13 bits per heavy atom. The van der Waals surface area contributed by atoms with Gasteiger partial charge in [0.25, 0.3) is 0 Å². The Bertz CT molecular complexity index is 629. The van der Waals surface area contributed by atoms with Crippen molar-refractivity contribution >= 4 is 11.8 Å². The molecule has 4 nitrogen and oxygen atoms in total. The summed E-state index contributed by atoms with van der Waals surface area (Å²) in [6.07, 6.45) is 7.47. The van der Waals surface area contributed by atoms with Crippen LogP contribution in [-0.2, 0) is 19.1 Å². The largest absolute Gasteiger partial charge is 0.462 e. The van der Waals surface area contributed by atoms with Crippen LogP contribution in [0.15, 0.2) is 22.8 Å². The van der Waals surface area contributed by atoms with Crippen molar-refractivity contribution in [1.82, 2.24) is 0 Å². The van der Waals surface area contributed by atoms with Crippen LogP contribution in [0.1, 0.15) is 52.4 Å². The summed E-state index contributed by atoms with van der Waals surface area (Å²) in [6.45, 7) is 4.32. The average molecular weight is 316 g/mol. The molecule has 3 aliphatic carbocycles. The Labute approximate surface area is 136 Å². The molecule has 0 radical (unpaired) electrons. The lowest BCUT2D eigenvalue weighted by molar-refractivity contribution is -0.155. The number of hydrogen-bond acceptors (Lipinski definition) is 4. The lowest BCUT2D eigenvalue weighted by Gasteiger charge is -2.48. The summed E-state index contributed by atoms with van der Waals surface area (Å²) < 4.78 is 11.8. The SMILES string of the molecule is CC(=O)O[C@H]1CC[C@H]2[C@@H]3OCC4=CC(=O)CCC4=C3CC[C@]12C. The Kier molecular flexibility index (Phi) is 3.49. The third kappa shape index (κ3) is 2.30. The Balaban J connectivity index is 1.66. The monoisotopic (exact) mass is 316 g/mol. The summed E-state index contributed by atoms with van der Waals surface area (Å²) in [4.78, 5) is 23.1. The van der Waals surface area contributed by atoms with Gasteiger partial charge < -0.3 is 9.47 Å². The van der Waals surface area contributed by atoms with Gasteiger partial charge in [-0.3, -0.25) is 9.59 Å². The zero-order chi connectivity index (χ0) is 16.2. The molecular formula is C19H24O4. The lowest BCUT2D eigenvalue weighted by atomic mass is 9.63. The molecule has 0 aromatic carbocycles. The van der Waals surface area contributed by atoms with Crippen molar-refractivity contribution in [3.05, 3.63) is 22.8 Å². The average Bonchev–Trinajstić information content (AvgIpc) is 2.83. The fourth-order valence-electron chi connectivity index (χ4n) is 5.23. The number of carbonyl (C=O) groups excluding carboxylic acids is 2. The Morgan fingerprint density at radius 3 is 2.91 bits per heavy atom. The molecule has 2 saturated carbocycles. The minimum Gasteiger partial charge on any atom is -0.462 e. The van der Waals surface area contributed by atoms with E-state index >= 15 is 0 Å². The van der Waals surface area contributed by atoms with Crippen LogP contribution in [-0.4, -0.2) is 30.6 Å². The van der Waals surface area contributed by atoms with Gasteiger partial charge in [-0.25, -0.2) is 0 Å². The predicted molar refractivity (Wildman–Crippen MR) is 84.7 cm³/mol. The van der Waals surface area contributed by atoms with Crippen LogP contribution in [0.5, 0.6) is 0 Å². The number of fused-ring (bicyclic) bond motifs is 4. The first-order valence-corrected chi connectivity index (χ1v) is 8.73. The van der Waals surface area contributed by atoms with E-state index in [0.29, 0.717) is 18.9 Å². The van der Waals surface area contributed by atoms with Crippen molar-refractivity contribution < 1.29 is 19.1 Å². The first-order chi connectivity index (χ1) is 11.0. The molecule has 1 heterocycles. The summed E-state index contributed by atoms with van der Waals surface area (Å²) in [7, 11) is 0. The quantitative estimate of drug-likeness (QED) is 0.698. The predicted octanol–water partition coefficient (Wildman–Crippen LogP) is 3.11. The third-order valence-electron chi connectivity index (χ3n) is 6.42. The molecule has 0 unspecified atom stereocenters. The van der Waals surface area contributed by atoms with E-state index in [2.05, 4.69) is 6.92 Å². The lowest BCUT2D eigenvalue weighted by Crippen LogP contribution is -2.47. The maximum absolute atomic E-state index is 11.7. The van der Waals surface area contributed by atoms with Crippen LogP contribution in [0.25, 0.3) is 0 Å². The van der Waals surface area contributed by atoms with Crippen LogP contribution in [0.3, 0.4) is 0 Å². The molecule has 4 aliphatic rings. The van der Waals surface area contributed by atoms with Gasteiger partial charge >= 0.3 is 5.97 Å². The van der Waals surface area contributed by atoms with Crippen molar-refractivity contribution in [2.45, 2.75) is 64.6 Å². The molecule has 4 rings (SSSR count). The molecule has 124 valence electrons. The van der Waals surface area contributed by atoms with E-state index in [1.54, 1.807) is 6.08 Å². The zero-order valence-electron chi connectivity index (χ0n) is 13.9. The van der Waals surface area contributed by atoms with Crippen LogP contribution >= 0.6 is 0 Å². The van der Waals surface area contributed by atoms with E-state index in [4.69, 9.17) is 9.47 Å². The van der Waals surface area contributed by atoms with Gasteiger partial charge in [0, 0.05) is 18.8 Å². The fourth-order valence-corrected chi connectivity index (χ4v) is 5.23. The van der Waals surface area contributed by atoms with Crippen LogP contribution in [0, 0.1) is 11.3 Å². The Morgan fingerprint density at radius 1 is 1.30 bits per heavy atom. The topological polar surface area (TPSA) is 52.6 Å². The molecule has 0 N–H and O–H groups in total. The molecule has 0 aromatic heterocycles. The van der Waals surface area contributed by atoms with E-state index in [9.17, 15) is 9.59 Å². The number of esters is 1. The van der Waals surface area contributed by atoms with Gasteiger partial charge in [-0.15, -0.1) is 0 Å². The van der Waals surface area contributed by atoms with Crippen molar-refractivity contribution in [2.24, 2.45) is 11.3 Å². The molecule has 0 amide bonds. The fraction of sp³-hybridized carbons (Fsp3) is 0.684. The molecule has 1 aliphatic heterocycles. The zero-order valence-corrected chi connectivity index (χ0v) is 13.9. The minimum atomic E-state index is -0.179. The van der Waals surface area contributed by atoms with E-state index in [1.807, 2.05) is 0 Å². The second kappa shape index (κ2) is 5.30. The smallest absolute Gasteiger partial charge is 0.302 e. The highest BCUT2D eigenvalue weighted by Crippen LogP contribution is 2.57. The van der Waals surface area contributed by atoms with Gasteiger partial charge in [0.2, 0.25) is 0 Å². The first-order valence-electron chi connectivity index (χ1n) is 8.73. The molecular weight excluding hydrogens is 292 g/mol. The van der Waals surface area contributed by atoms with Gasteiger partial charge in [0.15, 0.2) is 5.78 Å². The summed E-state index contributed by atoms with van der Waals surface area (Å²) >= 11 is 0. The van der Waals surface area contributed by atoms with E-state index in [1.165, 1.54) is 18.1 Å². The van der Waals surface area contributed by atoms with Crippen molar-refractivity contribution in [3.8, 4) is 0 Å². The summed E-state index contributed by atoms with van der Waals surface area (Å²) in [5.41, 5.74) is 3.93. The summed E-state index contributed by atoms with van der Waals surface area (Å²) in [5, 5.41) is 0. The van der Waals surface area contributed by atoms with Crippen molar-refractivity contribution in [2.75, 3.05) is 6.61 Å². The molecule has 0 bridgehead atoms. The standard InChI is InChI=1S/C19H24O4/c1-11(20)23-17-6-5-16-18-15(7-8-19(16,17)2)14-4-3-13(21)9-12(14)10-22-18/h9,16-18H,3-8,10H2,1-2H3/t16-,17-,18+,19-/m0/s1. The van der Waals surface area contributed by atoms with Crippen molar-refractivity contribution in [3.63, 3.8) is 0 Å². The first kappa shape index (κ1) is 15.1. The molecule has 0 spiro atoms. The Hall–Kier alpha value is -1.42. The van der Waals surface area contributed by atoms with Gasteiger partial charge in [0.1, 0.15) is 6.10 Å². The van der Waals surface area contributed by atoms with Gasteiger partial charge in [-0.05, 0) is 60.8 Å². The van der Waals surface area contributed by atoms with E-state index in [-0.39, 0.29) is 29.4 Å². The number of rotatable bonds is 1. The van der Waals surface area contributed by atoms with Crippen LogP contribution in [0.4, 0.5) is 0 Å². The maximum Gasteiger partial charge on any atom is 0.302 e. The molecule has 4 atom stereocenters. The second-order valence-electron chi connectivity index (χ2n) is 7.66. The molecule has 0 aromatic rings. The molecule has 2 fully saturated rings. The highest BCUT2D eigenvalue weighted by Gasteiger charge is 2.55. The van der Waals surface area contributed by atoms with Crippen LogP contribution < -0.4 is 0 Å².